The van der Waals surface area contributed by atoms with Gasteiger partial charge in [0, 0.05) is 12.1 Å². The van der Waals surface area contributed by atoms with Gasteiger partial charge in [0.2, 0.25) is 5.69 Å². The number of nitro groups is 1. The Balaban J connectivity index is 0.00000242. The zero-order chi connectivity index (χ0) is 15.4. The lowest BCUT2D eigenvalue weighted by Gasteiger charge is -2.26. The van der Waals surface area contributed by atoms with E-state index < -0.39 is 10.8 Å². The van der Waals surface area contributed by atoms with Crippen LogP contribution in [0.25, 0.3) is 0 Å². The number of halogens is 1. The molecule has 1 aliphatic carbocycles. The van der Waals surface area contributed by atoms with Gasteiger partial charge < -0.3 is 11.1 Å². The van der Waals surface area contributed by atoms with Crippen molar-refractivity contribution in [3.63, 3.8) is 0 Å². The van der Waals surface area contributed by atoms with E-state index in [9.17, 15) is 14.9 Å². The summed E-state index contributed by atoms with van der Waals surface area (Å²) >= 11 is 0. The van der Waals surface area contributed by atoms with Crippen LogP contribution >= 0.6 is 12.4 Å². The Kier molecular flexibility index (Phi) is 6.76. The molecule has 2 rings (SSSR count). The number of hydrogen-bond acceptors (Lipinski definition) is 5. The molecule has 1 fully saturated rings. The van der Waals surface area contributed by atoms with Gasteiger partial charge in [-0.25, -0.2) is 0 Å². The van der Waals surface area contributed by atoms with Gasteiger partial charge in [0.25, 0.3) is 5.91 Å². The summed E-state index contributed by atoms with van der Waals surface area (Å²) in [7, 11) is 0. The number of H-pyrrole nitrogens is 1. The first-order valence-electron chi connectivity index (χ1n) is 7.31. The maximum Gasteiger partial charge on any atom is 0.322 e. The molecule has 1 heterocycles. The molecule has 0 saturated heterocycles. The number of amides is 1. The van der Waals surface area contributed by atoms with E-state index in [-0.39, 0.29) is 35.9 Å². The maximum atomic E-state index is 12.2. The van der Waals surface area contributed by atoms with Crippen LogP contribution in [0.3, 0.4) is 0 Å². The lowest BCUT2D eigenvalue weighted by atomic mass is 9.92. The van der Waals surface area contributed by atoms with Gasteiger partial charge in [0.1, 0.15) is 5.69 Å². The van der Waals surface area contributed by atoms with Crippen molar-refractivity contribution in [3.8, 4) is 0 Å². The molecular weight excluding hydrogens is 310 g/mol. The molecule has 8 nitrogen and oxygen atoms in total. The summed E-state index contributed by atoms with van der Waals surface area (Å²) in [5.41, 5.74) is 5.89. The van der Waals surface area contributed by atoms with Crippen LogP contribution in [0.5, 0.6) is 0 Å². The van der Waals surface area contributed by atoms with Crippen molar-refractivity contribution in [1.82, 2.24) is 15.5 Å². The highest BCUT2D eigenvalue weighted by Crippen LogP contribution is 2.23. The normalized spacial score (nSPS) is 21.0. The van der Waals surface area contributed by atoms with Gasteiger partial charge in [-0.2, -0.15) is 5.10 Å². The Labute approximate surface area is 134 Å². The molecule has 22 heavy (non-hydrogen) atoms. The van der Waals surface area contributed by atoms with E-state index in [1.54, 1.807) is 0 Å². The summed E-state index contributed by atoms with van der Waals surface area (Å²) in [5, 5.41) is 20.4. The fourth-order valence-electron chi connectivity index (χ4n) is 2.67. The lowest BCUT2D eigenvalue weighted by Crippen LogP contribution is -2.40. The fraction of sp³-hybridized carbons (Fsp3) is 0.692. The standard InChI is InChI=1S/C13H21N5O3.ClH/c1-2-3-10-12(18(20)21)11(17-16-10)13(19)15-9-6-4-8(14)5-7-9;/h8-9H,2-7,14H2,1H3,(H,15,19)(H,16,17);1H. The molecule has 0 spiro atoms. The zero-order valence-electron chi connectivity index (χ0n) is 12.5. The molecule has 1 aliphatic rings. The lowest BCUT2D eigenvalue weighted by molar-refractivity contribution is -0.385. The third kappa shape index (κ3) is 4.17. The number of nitrogens with zero attached hydrogens (tertiary/aromatic N) is 2. The van der Waals surface area contributed by atoms with E-state index in [0.29, 0.717) is 12.1 Å². The van der Waals surface area contributed by atoms with E-state index in [1.165, 1.54) is 0 Å². The number of hydrogen-bond donors (Lipinski definition) is 3. The molecule has 9 heteroatoms. The first-order chi connectivity index (χ1) is 10.0. The van der Waals surface area contributed by atoms with E-state index in [2.05, 4.69) is 15.5 Å². The number of carbonyl (C=O) groups is 1. The highest BCUT2D eigenvalue weighted by molar-refractivity contribution is 5.96. The number of nitrogens with one attached hydrogen (secondary N) is 2. The van der Waals surface area contributed by atoms with Gasteiger partial charge in [0.15, 0.2) is 0 Å². The molecule has 124 valence electrons. The molecule has 0 aromatic carbocycles. The Morgan fingerprint density at radius 2 is 2.09 bits per heavy atom. The molecule has 0 atom stereocenters. The first-order valence-corrected chi connectivity index (χ1v) is 7.31. The van der Waals surface area contributed by atoms with Crippen molar-refractivity contribution in [2.24, 2.45) is 5.73 Å². The topological polar surface area (TPSA) is 127 Å². The third-order valence-corrected chi connectivity index (χ3v) is 3.82. The summed E-state index contributed by atoms with van der Waals surface area (Å²) in [4.78, 5) is 22.8. The minimum absolute atomic E-state index is 0. The molecule has 0 aliphatic heterocycles. The van der Waals surface area contributed by atoms with Gasteiger partial charge in [0.05, 0.1) is 4.92 Å². The van der Waals surface area contributed by atoms with Gasteiger partial charge >= 0.3 is 5.69 Å². The van der Waals surface area contributed by atoms with Crippen LogP contribution in [0.4, 0.5) is 5.69 Å². The van der Waals surface area contributed by atoms with Crippen LogP contribution in [0, 0.1) is 10.1 Å². The molecule has 4 N–H and O–H groups in total. The summed E-state index contributed by atoms with van der Waals surface area (Å²) in [6, 6.07) is 0.206. The minimum Gasteiger partial charge on any atom is -0.348 e. The van der Waals surface area contributed by atoms with Crippen molar-refractivity contribution in [1.29, 1.82) is 0 Å². The summed E-state index contributed by atoms with van der Waals surface area (Å²) in [6.07, 6.45) is 4.54. The molecule has 0 radical (unpaired) electrons. The first kappa shape index (κ1) is 18.4. The van der Waals surface area contributed by atoms with Crippen molar-refractivity contribution < 1.29 is 9.72 Å². The Hall–Kier alpha value is -1.67. The second-order valence-corrected chi connectivity index (χ2v) is 5.49. The Morgan fingerprint density at radius 1 is 1.45 bits per heavy atom. The van der Waals surface area contributed by atoms with Crippen LogP contribution in [0.1, 0.15) is 55.2 Å². The van der Waals surface area contributed by atoms with Crippen LogP contribution in [-0.2, 0) is 6.42 Å². The second-order valence-electron chi connectivity index (χ2n) is 5.49. The van der Waals surface area contributed by atoms with Gasteiger partial charge in [-0.05, 0) is 32.1 Å². The highest BCUT2D eigenvalue weighted by atomic mass is 35.5. The van der Waals surface area contributed by atoms with E-state index in [1.807, 2.05) is 6.92 Å². The van der Waals surface area contributed by atoms with Crippen molar-refractivity contribution in [2.75, 3.05) is 0 Å². The highest BCUT2D eigenvalue weighted by Gasteiger charge is 2.30. The van der Waals surface area contributed by atoms with Crippen LogP contribution in [0.15, 0.2) is 0 Å². The molecule has 0 bridgehead atoms. The smallest absolute Gasteiger partial charge is 0.322 e. The number of aromatic nitrogens is 2. The monoisotopic (exact) mass is 331 g/mol. The molecule has 1 saturated carbocycles. The molecule has 0 unspecified atom stereocenters. The summed E-state index contributed by atoms with van der Waals surface area (Å²) < 4.78 is 0. The van der Waals surface area contributed by atoms with E-state index >= 15 is 0 Å². The number of aromatic amines is 1. The third-order valence-electron chi connectivity index (χ3n) is 3.82. The van der Waals surface area contributed by atoms with E-state index in [4.69, 9.17) is 5.73 Å². The molecule has 1 aromatic heterocycles. The predicted octanol–water partition coefficient (Wildman–Crippen LogP) is 1.69. The Bertz CT molecular complexity index is 526. The fourth-order valence-corrected chi connectivity index (χ4v) is 2.67. The van der Waals surface area contributed by atoms with Crippen molar-refractivity contribution >= 4 is 24.0 Å². The molecular formula is C13H22ClN5O3. The van der Waals surface area contributed by atoms with Crippen LogP contribution in [0.2, 0.25) is 0 Å². The number of carbonyl (C=O) groups excluding carboxylic acids is 1. The summed E-state index contributed by atoms with van der Waals surface area (Å²) in [5.74, 6) is -0.485. The number of nitrogens with two attached hydrogens (primary N) is 1. The van der Waals surface area contributed by atoms with Crippen LogP contribution in [-0.4, -0.2) is 33.1 Å². The average molecular weight is 332 g/mol. The zero-order valence-corrected chi connectivity index (χ0v) is 13.3. The van der Waals surface area contributed by atoms with Gasteiger partial charge in [-0.1, -0.05) is 13.3 Å². The van der Waals surface area contributed by atoms with Crippen LogP contribution < -0.4 is 11.1 Å². The number of aryl methyl sites for hydroxylation is 1. The van der Waals surface area contributed by atoms with E-state index in [0.717, 1.165) is 32.1 Å². The average Bonchev–Trinajstić information content (AvgIpc) is 2.86. The number of rotatable bonds is 5. The quantitative estimate of drug-likeness (QED) is 0.559. The summed E-state index contributed by atoms with van der Waals surface area (Å²) in [6.45, 7) is 1.91. The molecule has 1 aromatic rings. The van der Waals surface area contributed by atoms with Gasteiger partial charge in [-0.15, -0.1) is 12.4 Å². The Morgan fingerprint density at radius 3 is 2.64 bits per heavy atom. The van der Waals surface area contributed by atoms with Crippen molar-refractivity contribution in [3.05, 3.63) is 21.5 Å². The van der Waals surface area contributed by atoms with Gasteiger partial charge in [-0.3, -0.25) is 20.0 Å². The predicted molar refractivity (Wildman–Crippen MR) is 84.2 cm³/mol. The maximum absolute atomic E-state index is 12.2. The molecule has 1 amide bonds. The minimum atomic E-state index is -0.541. The largest absolute Gasteiger partial charge is 0.348 e. The SMILES string of the molecule is CCCc1[nH]nc(C(=O)NC2CCC(N)CC2)c1[N+](=O)[O-].Cl. The second kappa shape index (κ2) is 8.09. The van der Waals surface area contributed by atoms with Crippen molar-refractivity contribution in [2.45, 2.75) is 57.5 Å².